The second-order valence-electron chi connectivity index (χ2n) is 8.68. The Labute approximate surface area is 180 Å². The molecule has 1 aliphatic rings. The smallest absolute Gasteiger partial charge is 0.240 e. The highest BCUT2D eigenvalue weighted by Crippen LogP contribution is 2.32. The summed E-state index contributed by atoms with van der Waals surface area (Å²) in [4.78, 5) is 17.9. The molecule has 1 amide bonds. The van der Waals surface area contributed by atoms with Crippen LogP contribution < -0.4 is 0 Å². The molecule has 0 saturated carbocycles. The zero-order chi connectivity index (χ0) is 21.1. The molecule has 0 spiro atoms. The van der Waals surface area contributed by atoms with Crippen molar-refractivity contribution in [2.24, 2.45) is 5.92 Å². The SMILES string of the molecule is CC1CCN(CCc2ccccc2)C(=O)[C@H]1N(C)C(C)c1cccc2ccccc12. The van der Waals surface area contributed by atoms with E-state index in [-0.39, 0.29) is 18.0 Å². The zero-order valence-electron chi connectivity index (χ0n) is 18.3. The Hall–Kier alpha value is -2.65. The standard InChI is InChI=1S/C27H32N2O/c1-20-16-18-29(19-17-22-10-5-4-6-11-22)27(30)26(20)28(3)21(2)24-15-9-13-23-12-7-8-14-25(23)24/h4-15,20-21,26H,16-19H2,1-3H3/t20?,21?,26-/m0/s1. The van der Waals surface area contributed by atoms with Gasteiger partial charge in [-0.2, -0.15) is 0 Å². The molecule has 1 fully saturated rings. The molecular weight excluding hydrogens is 368 g/mol. The maximum atomic E-state index is 13.5. The van der Waals surface area contributed by atoms with Gasteiger partial charge >= 0.3 is 0 Å². The summed E-state index contributed by atoms with van der Waals surface area (Å²) >= 11 is 0. The van der Waals surface area contributed by atoms with E-state index in [0.717, 1.165) is 25.9 Å². The molecule has 0 N–H and O–H groups in total. The van der Waals surface area contributed by atoms with Gasteiger partial charge in [0.15, 0.2) is 0 Å². The Kier molecular flexibility index (Phi) is 6.19. The van der Waals surface area contributed by atoms with Crippen LogP contribution in [0, 0.1) is 5.92 Å². The Morgan fingerprint density at radius 2 is 1.70 bits per heavy atom. The third-order valence-corrected chi connectivity index (χ3v) is 6.79. The van der Waals surface area contributed by atoms with E-state index in [1.165, 1.54) is 21.9 Å². The number of rotatable bonds is 6. The highest BCUT2D eigenvalue weighted by Gasteiger charge is 2.38. The van der Waals surface area contributed by atoms with Crippen LogP contribution in [0.5, 0.6) is 0 Å². The van der Waals surface area contributed by atoms with Gasteiger partial charge in [-0.3, -0.25) is 9.69 Å². The van der Waals surface area contributed by atoms with Crippen molar-refractivity contribution in [3.05, 3.63) is 83.9 Å². The third-order valence-electron chi connectivity index (χ3n) is 6.79. The zero-order valence-corrected chi connectivity index (χ0v) is 18.3. The summed E-state index contributed by atoms with van der Waals surface area (Å²) in [5.74, 6) is 0.632. The van der Waals surface area contributed by atoms with Crippen molar-refractivity contribution >= 4 is 16.7 Å². The van der Waals surface area contributed by atoms with Crippen LogP contribution in [0.1, 0.15) is 37.4 Å². The van der Waals surface area contributed by atoms with Crippen molar-refractivity contribution in [1.29, 1.82) is 0 Å². The van der Waals surface area contributed by atoms with Crippen LogP contribution in [0.15, 0.2) is 72.8 Å². The van der Waals surface area contributed by atoms with Gasteiger partial charge in [0.05, 0.1) is 6.04 Å². The van der Waals surface area contributed by atoms with E-state index in [4.69, 9.17) is 0 Å². The molecular formula is C27H32N2O. The van der Waals surface area contributed by atoms with E-state index in [9.17, 15) is 4.79 Å². The first-order chi connectivity index (χ1) is 14.6. The molecule has 156 valence electrons. The molecule has 1 heterocycles. The summed E-state index contributed by atoms with van der Waals surface area (Å²) in [6, 6.07) is 25.6. The number of likely N-dealkylation sites (N-methyl/N-ethyl adjacent to an activating group) is 1. The van der Waals surface area contributed by atoms with Crippen molar-refractivity contribution in [2.75, 3.05) is 20.1 Å². The average Bonchev–Trinajstić information content (AvgIpc) is 2.78. The first kappa shape index (κ1) is 20.6. The lowest BCUT2D eigenvalue weighted by Gasteiger charge is -2.43. The van der Waals surface area contributed by atoms with Gasteiger partial charge in [-0.1, -0.05) is 79.7 Å². The second kappa shape index (κ2) is 9.01. The van der Waals surface area contributed by atoms with Crippen molar-refractivity contribution < 1.29 is 4.79 Å². The van der Waals surface area contributed by atoms with Crippen LogP contribution in [-0.2, 0) is 11.2 Å². The Morgan fingerprint density at radius 3 is 2.50 bits per heavy atom. The van der Waals surface area contributed by atoms with Crippen molar-refractivity contribution in [1.82, 2.24) is 9.80 Å². The van der Waals surface area contributed by atoms with Crippen LogP contribution in [0.4, 0.5) is 0 Å². The third kappa shape index (κ3) is 4.13. The van der Waals surface area contributed by atoms with E-state index < -0.39 is 0 Å². The molecule has 30 heavy (non-hydrogen) atoms. The Morgan fingerprint density at radius 1 is 1.00 bits per heavy atom. The van der Waals surface area contributed by atoms with E-state index in [1.54, 1.807) is 0 Å². The molecule has 3 aromatic carbocycles. The Bertz CT molecular complexity index is 995. The van der Waals surface area contributed by atoms with Crippen LogP contribution >= 0.6 is 0 Å². The molecule has 0 aromatic heterocycles. The van der Waals surface area contributed by atoms with Crippen LogP contribution in [0.3, 0.4) is 0 Å². The topological polar surface area (TPSA) is 23.6 Å². The van der Waals surface area contributed by atoms with Gasteiger partial charge in [-0.25, -0.2) is 0 Å². The number of likely N-dealkylation sites (tertiary alicyclic amines) is 1. The van der Waals surface area contributed by atoms with Gasteiger partial charge in [0, 0.05) is 19.1 Å². The minimum absolute atomic E-state index is 0.0801. The number of hydrogen-bond donors (Lipinski definition) is 0. The molecule has 0 bridgehead atoms. The fraction of sp³-hybridized carbons (Fsp3) is 0.370. The molecule has 3 heteroatoms. The second-order valence-corrected chi connectivity index (χ2v) is 8.68. The maximum absolute atomic E-state index is 13.5. The summed E-state index contributed by atoms with van der Waals surface area (Å²) in [6.45, 7) is 6.11. The quantitative estimate of drug-likeness (QED) is 0.560. The summed E-state index contributed by atoms with van der Waals surface area (Å²) < 4.78 is 0. The molecule has 0 radical (unpaired) electrons. The monoisotopic (exact) mass is 400 g/mol. The number of hydrogen-bond acceptors (Lipinski definition) is 2. The number of carbonyl (C=O) groups is 1. The minimum atomic E-state index is -0.0801. The number of nitrogens with zero attached hydrogens (tertiary/aromatic N) is 2. The normalized spacial score (nSPS) is 20.7. The van der Waals surface area contributed by atoms with Gasteiger partial charge in [-0.05, 0) is 54.6 Å². The molecule has 1 aliphatic heterocycles. The molecule has 3 aromatic rings. The molecule has 3 nitrogen and oxygen atoms in total. The van der Waals surface area contributed by atoms with Crippen molar-refractivity contribution in [3.8, 4) is 0 Å². The molecule has 2 unspecified atom stereocenters. The highest BCUT2D eigenvalue weighted by molar-refractivity contribution is 5.86. The van der Waals surface area contributed by atoms with E-state index >= 15 is 0 Å². The van der Waals surface area contributed by atoms with Gasteiger partial charge in [-0.15, -0.1) is 0 Å². The summed E-state index contributed by atoms with van der Waals surface area (Å²) in [5, 5.41) is 2.53. The fourth-order valence-electron chi connectivity index (χ4n) is 4.84. The number of fused-ring (bicyclic) bond motifs is 1. The van der Waals surface area contributed by atoms with E-state index in [0.29, 0.717) is 5.92 Å². The predicted octanol–water partition coefficient (Wildman–Crippen LogP) is 5.31. The van der Waals surface area contributed by atoms with Gasteiger partial charge in [0.25, 0.3) is 0 Å². The molecule has 1 saturated heterocycles. The maximum Gasteiger partial charge on any atom is 0.240 e. The van der Waals surface area contributed by atoms with Crippen LogP contribution in [0.25, 0.3) is 10.8 Å². The van der Waals surface area contributed by atoms with Crippen molar-refractivity contribution in [3.63, 3.8) is 0 Å². The van der Waals surface area contributed by atoms with Gasteiger partial charge < -0.3 is 4.90 Å². The first-order valence-electron chi connectivity index (χ1n) is 11.1. The largest absolute Gasteiger partial charge is 0.341 e. The lowest BCUT2D eigenvalue weighted by molar-refractivity contribution is -0.143. The average molecular weight is 401 g/mol. The van der Waals surface area contributed by atoms with Crippen LogP contribution in [-0.4, -0.2) is 41.9 Å². The molecule has 4 rings (SSSR count). The predicted molar refractivity (Wildman–Crippen MR) is 124 cm³/mol. The van der Waals surface area contributed by atoms with E-state index in [2.05, 4.69) is 97.4 Å². The van der Waals surface area contributed by atoms with Crippen LogP contribution in [0.2, 0.25) is 0 Å². The first-order valence-corrected chi connectivity index (χ1v) is 11.1. The van der Waals surface area contributed by atoms with Gasteiger partial charge in [0.1, 0.15) is 0 Å². The number of benzene rings is 3. The van der Waals surface area contributed by atoms with E-state index in [1.807, 2.05) is 6.07 Å². The van der Waals surface area contributed by atoms with Crippen molar-refractivity contribution in [2.45, 2.75) is 38.8 Å². The highest BCUT2D eigenvalue weighted by atomic mass is 16.2. The lowest BCUT2D eigenvalue weighted by atomic mass is 9.89. The van der Waals surface area contributed by atoms with Gasteiger partial charge in [0.2, 0.25) is 5.91 Å². The number of amides is 1. The number of piperidine rings is 1. The summed E-state index contributed by atoms with van der Waals surface area (Å²) in [6.07, 6.45) is 1.97. The summed E-state index contributed by atoms with van der Waals surface area (Å²) in [5.41, 5.74) is 2.58. The number of carbonyl (C=O) groups excluding carboxylic acids is 1. The fourth-order valence-corrected chi connectivity index (χ4v) is 4.84. The lowest BCUT2D eigenvalue weighted by Crippen LogP contribution is -2.55. The summed E-state index contributed by atoms with van der Waals surface area (Å²) in [7, 11) is 2.12. The minimum Gasteiger partial charge on any atom is -0.341 e. The molecule has 0 aliphatic carbocycles. The Balaban J connectivity index is 1.52. The molecule has 3 atom stereocenters.